The van der Waals surface area contributed by atoms with Crippen molar-refractivity contribution in [2.24, 2.45) is 0 Å². The van der Waals surface area contributed by atoms with Gasteiger partial charge in [0.15, 0.2) is 0 Å². The van der Waals surface area contributed by atoms with Crippen LogP contribution in [0.1, 0.15) is 24.2 Å². The van der Waals surface area contributed by atoms with Gasteiger partial charge in [0.05, 0.1) is 18.2 Å². The number of carbonyl (C=O) groups excluding carboxylic acids is 1. The van der Waals surface area contributed by atoms with Gasteiger partial charge in [-0.15, -0.1) is 0 Å². The van der Waals surface area contributed by atoms with Gasteiger partial charge in [0, 0.05) is 6.20 Å². The average molecular weight is 258 g/mol. The number of amides is 1. The molecule has 0 saturated heterocycles. The zero-order valence-electron chi connectivity index (χ0n) is 10.6. The van der Waals surface area contributed by atoms with Crippen molar-refractivity contribution in [1.29, 1.82) is 0 Å². The third-order valence-electron chi connectivity index (χ3n) is 2.76. The molecule has 19 heavy (non-hydrogen) atoms. The molecule has 0 aliphatic heterocycles. The molecule has 0 spiro atoms. The second-order valence-electron chi connectivity index (χ2n) is 4.35. The number of carbonyl (C=O) groups is 1. The van der Waals surface area contributed by atoms with E-state index in [0.29, 0.717) is 5.56 Å². The fourth-order valence-electron chi connectivity index (χ4n) is 1.83. The molecule has 0 saturated carbocycles. The van der Waals surface area contributed by atoms with Crippen molar-refractivity contribution in [2.75, 3.05) is 0 Å². The summed E-state index contributed by atoms with van der Waals surface area (Å²) in [6.07, 6.45) is 1.85. The first-order valence-electron chi connectivity index (χ1n) is 6.10. The van der Waals surface area contributed by atoms with E-state index in [9.17, 15) is 9.18 Å². The molecule has 1 aromatic carbocycles. The molecule has 1 aromatic heterocycles. The zero-order chi connectivity index (χ0) is 13.7. The lowest BCUT2D eigenvalue weighted by molar-refractivity contribution is -0.121. The first-order valence-corrected chi connectivity index (χ1v) is 6.10. The number of nitrogens with zero attached hydrogens (tertiary/aromatic N) is 1. The molecule has 1 unspecified atom stereocenters. The summed E-state index contributed by atoms with van der Waals surface area (Å²) in [6, 6.07) is 11.4. The maximum atomic E-state index is 13.0. The van der Waals surface area contributed by atoms with Gasteiger partial charge < -0.3 is 5.32 Å². The van der Waals surface area contributed by atoms with E-state index in [1.54, 1.807) is 18.3 Å². The van der Waals surface area contributed by atoms with Crippen LogP contribution in [0.3, 0.4) is 0 Å². The molecule has 1 amide bonds. The van der Waals surface area contributed by atoms with Crippen LogP contribution in [0.2, 0.25) is 0 Å². The standard InChI is InChI=1S/C15H15FN2O/c1-11(14-7-2-3-8-17-14)18-15(19)10-12-5-4-6-13(16)9-12/h2-9,11H,10H2,1H3,(H,18,19). The maximum Gasteiger partial charge on any atom is 0.224 e. The summed E-state index contributed by atoms with van der Waals surface area (Å²) in [7, 11) is 0. The Morgan fingerprint density at radius 1 is 1.32 bits per heavy atom. The van der Waals surface area contributed by atoms with E-state index >= 15 is 0 Å². The fraction of sp³-hybridized carbons (Fsp3) is 0.200. The highest BCUT2D eigenvalue weighted by Gasteiger charge is 2.10. The minimum atomic E-state index is -0.330. The number of benzene rings is 1. The number of aromatic nitrogens is 1. The summed E-state index contributed by atoms with van der Waals surface area (Å²) >= 11 is 0. The van der Waals surface area contributed by atoms with Crippen LogP contribution in [-0.2, 0) is 11.2 Å². The van der Waals surface area contributed by atoms with Gasteiger partial charge in [-0.3, -0.25) is 9.78 Å². The molecule has 0 fully saturated rings. The van der Waals surface area contributed by atoms with Gasteiger partial charge in [-0.1, -0.05) is 18.2 Å². The van der Waals surface area contributed by atoms with Gasteiger partial charge in [0.2, 0.25) is 5.91 Å². The molecule has 2 rings (SSSR count). The Hall–Kier alpha value is -2.23. The van der Waals surface area contributed by atoms with Crippen molar-refractivity contribution in [3.05, 3.63) is 65.7 Å². The van der Waals surface area contributed by atoms with Crippen LogP contribution in [-0.4, -0.2) is 10.9 Å². The minimum Gasteiger partial charge on any atom is -0.348 e. The van der Waals surface area contributed by atoms with Crippen LogP contribution in [0.5, 0.6) is 0 Å². The normalized spacial score (nSPS) is 11.9. The van der Waals surface area contributed by atoms with Crippen LogP contribution >= 0.6 is 0 Å². The first kappa shape index (κ1) is 13.2. The van der Waals surface area contributed by atoms with Gasteiger partial charge in [0.25, 0.3) is 0 Å². The number of hydrogen-bond donors (Lipinski definition) is 1. The first-order chi connectivity index (χ1) is 9.15. The Bertz CT molecular complexity index is 557. The third kappa shape index (κ3) is 3.88. The van der Waals surface area contributed by atoms with E-state index in [-0.39, 0.29) is 24.2 Å². The van der Waals surface area contributed by atoms with Crippen LogP contribution in [0, 0.1) is 5.82 Å². The monoisotopic (exact) mass is 258 g/mol. The molecule has 1 atom stereocenters. The number of halogens is 1. The minimum absolute atomic E-state index is 0.149. The lowest BCUT2D eigenvalue weighted by atomic mass is 10.1. The van der Waals surface area contributed by atoms with E-state index in [2.05, 4.69) is 10.3 Å². The predicted molar refractivity (Wildman–Crippen MR) is 70.9 cm³/mol. The van der Waals surface area contributed by atoms with Gasteiger partial charge in [-0.2, -0.15) is 0 Å². The van der Waals surface area contributed by atoms with E-state index < -0.39 is 0 Å². The second-order valence-corrected chi connectivity index (χ2v) is 4.35. The van der Waals surface area contributed by atoms with Crippen molar-refractivity contribution < 1.29 is 9.18 Å². The van der Waals surface area contributed by atoms with Crippen molar-refractivity contribution in [3.63, 3.8) is 0 Å². The third-order valence-corrected chi connectivity index (χ3v) is 2.76. The van der Waals surface area contributed by atoms with Crippen molar-refractivity contribution in [2.45, 2.75) is 19.4 Å². The Morgan fingerprint density at radius 2 is 2.16 bits per heavy atom. The second kappa shape index (κ2) is 6.09. The molecule has 0 aliphatic carbocycles. The van der Waals surface area contributed by atoms with E-state index in [1.165, 1.54) is 12.1 Å². The molecule has 0 aliphatic rings. The Labute approximate surface area is 111 Å². The van der Waals surface area contributed by atoms with E-state index in [1.807, 2.05) is 25.1 Å². The highest BCUT2D eigenvalue weighted by molar-refractivity contribution is 5.78. The van der Waals surface area contributed by atoms with Crippen molar-refractivity contribution >= 4 is 5.91 Å². The summed E-state index contributed by atoms with van der Waals surface area (Å²) < 4.78 is 13.0. The SMILES string of the molecule is CC(NC(=O)Cc1cccc(F)c1)c1ccccn1. The highest BCUT2D eigenvalue weighted by Crippen LogP contribution is 2.09. The molecule has 3 nitrogen and oxygen atoms in total. The summed E-state index contributed by atoms with van der Waals surface area (Å²) in [4.78, 5) is 16.0. The van der Waals surface area contributed by atoms with E-state index in [4.69, 9.17) is 0 Å². The summed E-state index contributed by atoms with van der Waals surface area (Å²) in [5.74, 6) is -0.480. The van der Waals surface area contributed by atoms with Gasteiger partial charge in [-0.25, -0.2) is 4.39 Å². The Balaban J connectivity index is 1.95. The number of nitrogens with one attached hydrogen (secondary N) is 1. The molecule has 98 valence electrons. The largest absolute Gasteiger partial charge is 0.348 e. The molecule has 1 heterocycles. The molecular weight excluding hydrogens is 243 g/mol. The fourth-order valence-corrected chi connectivity index (χ4v) is 1.83. The van der Waals surface area contributed by atoms with Crippen LogP contribution in [0.4, 0.5) is 4.39 Å². The molecule has 0 bridgehead atoms. The van der Waals surface area contributed by atoms with Gasteiger partial charge in [-0.05, 0) is 36.8 Å². The quantitative estimate of drug-likeness (QED) is 0.916. The van der Waals surface area contributed by atoms with Gasteiger partial charge >= 0.3 is 0 Å². The number of pyridine rings is 1. The van der Waals surface area contributed by atoms with Crippen LogP contribution in [0.25, 0.3) is 0 Å². The highest BCUT2D eigenvalue weighted by atomic mass is 19.1. The Kier molecular flexibility index (Phi) is 4.23. The summed E-state index contributed by atoms with van der Waals surface area (Å²) in [6.45, 7) is 1.87. The molecule has 2 aromatic rings. The average Bonchev–Trinajstić information content (AvgIpc) is 2.39. The Morgan fingerprint density at radius 3 is 2.84 bits per heavy atom. The van der Waals surface area contributed by atoms with Gasteiger partial charge in [0.1, 0.15) is 5.82 Å². The number of rotatable bonds is 4. The van der Waals surface area contributed by atoms with Crippen LogP contribution < -0.4 is 5.32 Å². The van der Waals surface area contributed by atoms with Crippen molar-refractivity contribution in [3.8, 4) is 0 Å². The number of hydrogen-bond acceptors (Lipinski definition) is 2. The molecule has 1 N–H and O–H groups in total. The van der Waals surface area contributed by atoms with Crippen molar-refractivity contribution in [1.82, 2.24) is 10.3 Å². The smallest absolute Gasteiger partial charge is 0.224 e. The molecule has 4 heteroatoms. The summed E-state index contributed by atoms with van der Waals surface area (Å²) in [5, 5.41) is 2.84. The van der Waals surface area contributed by atoms with Crippen LogP contribution in [0.15, 0.2) is 48.7 Å². The topological polar surface area (TPSA) is 42.0 Å². The maximum absolute atomic E-state index is 13.0. The zero-order valence-corrected chi connectivity index (χ0v) is 10.6. The lowest BCUT2D eigenvalue weighted by Gasteiger charge is -2.13. The lowest BCUT2D eigenvalue weighted by Crippen LogP contribution is -2.28. The molecular formula is C15H15FN2O. The van der Waals surface area contributed by atoms with E-state index in [0.717, 1.165) is 5.69 Å². The predicted octanol–water partition coefficient (Wildman–Crippen LogP) is 2.64. The molecule has 0 radical (unpaired) electrons. The summed E-state index contributed by atoms with van der Waals surface area (Å²) in [5.41, 5.74) is 1.46.